The van der Waals surface area contributed by atoms with Gasteiger partial charge in [0, 0.05) is 12.0 Å². The Morgan fingerprint density at radius 2 is 1.97 bits per heavy atom. The fourth-order valence-electron chi connectivity index (χ4n) is 3.10. The maximum Gasteiger partial charge on any atom is 0.416 e. The summed E-state index contributed by atoms with van der Waals surface area (Å²) in [6.07, 6.45) is -0.517. The third-order valence-corrected chi connectivity index (χ3v) is 4.66. The molecule has 2 aromatic rings. The number of aryl methyl sites for hydroxylation is 1. The molecular weight excluding hydrogens is 422 g/mol. The molecule has 2 atom stereocenters. The lowest BCUT2D eigenvalue weighted by atomic mass is 10.1. The summed E-state index contributed by atoms with van der Waals surface area (Å²) in [4.78, 5) is 32.7. The topological polar surface area (TPSA) is 98.5 Å². The largest absolute Gasteiger partial charge is 0.443 e. The first-order valence-electron chi connectivity index (χ1n) is 9.04. The third kappa shape index (κ3) is 4.48. The SMILES string of the molecule is Cc1nc(Cl)c([N+](=O)[O-])c(N(C(=O)OC(C)(C)C)C2C[C@H]2c2ccc(F)c(F)c2)n1. The summed E-state index contributed by atoms with van der Waals surface area (Å²) < 4.78 is 32.4. The molecule has 30 heavy (non-hydrogen) atoms. The standard InChI is InChI=1S/C19H19ClF2N4O4/c1-9-23-16(20)15(26(28)29)17(24-9)25(18(27)30-19(2,3)4)14-8-11(14)10-5-6-12(21)13(22)7-10/h5-7,11,14H,8H2,1-4H3/t11-,14?/m0/s1. The lowest BCUT2D eigenvalue weighted by Gasteiger charge is -2.27. The molecule has 1 amide bonds. The van der Waals surface area contributed by atoms with Crippen molar-refractivity contribution >= 4 is 29.2 Å². The van der Waals surface area contributed by atoms with Gasteiger partial charge in [-0.1, -0.05) is 17.7 Å². The van der Waals surface area contributed by atoms with Gasteiger partial charge in [-0.2, -0.15) is 0 Å². The van der Waals surface area contributed by atoms with Gasteiger partial charge >= 0.3 is 11.8 Å². The number of carbonyl (C=O) groups is 1. The molecule has 160 valence electrons. The average Bonchev–Trinajstić information content (AvgIpc) is 3.35. The van der Waals surface area contributed by atoms with Gasteiger partial charge in [-0.3, -0.25) is 15.0 Å². The van der Waals surface area contributed by atoms with Crippen molar-refractivity contribution in [2.75, 3.05) is 4.90 Å². The maximum atomic E-state index is 13.7. The van der Waals surface area contributed by atoms with E-state index in [0.717, 1.165) is 17.0 Å². The molecule has 0 N–H and O–H groups in total. The van der Waals surface area contributed by atoms with E-state index >= 15 is 0 Å². The van der Waals surface area contributed by atoms with Crippen molar-refractivity contribution in [3.05, 3.63) is 56.5 Å². The number of carbonyl (C=O) groups excluding carboxylic acids is 1. The average molecular weight is 441 g/mol. The quantitative estimate of drug-likeness (QED) is 0.380. The molecule has 0 spiro atoms. The van der Waals surface area contributed by atoms with E-state index in [1.165, 1.54) is 13.0 Å². The second kappa shape index (κ2) is 7.75. The minimum atomic E-state index is -1.02. The Labute approximate surface area is 176 Å². The van der Waals surface area contributed by atoms with Crippen molar-refractivity contribution in [3.8, 4) is 0 Å². The second-order valence-electron chi connectivity index (χ2n) is 7.92. The van der Waals surface area contributed by atoms with Crippen LogP contribution >= 0.6 is 11.6 Å². The number of nitro groups is 1. The van der Waals surface area contributed by atoms with Crippen molar-refractivity contribution in [2.24, 2.45) is 0 Å². The number of aromatic nitrogens is 2. The lowest BCUT2D eigenvalue weighted by molar-refractivity contribution is -0.384. The molecule has 0 aliphatic heterocycles. The number of ether oxygens (including phenoxy) is 1. The Balaban J connectivity index is 2.06. The predicted octanol–water partition coefficient (Wildman–Crippen LogP) is 4.92. The van der Waals surface area contributed by atoms with Crippen LogP contribution in [-0.4, -0.2) is 32.6 Å². The Morgan fingerprint density at radius 1 is 1.30 bits per heavy atom. The summed E-state index contributed by atoms with van der Waals surface area (Å²) in [5, 5.41) is 11.2. The maximum absolute atomic E-state index is 13.7. The van der Waals surface area contributed by atoms with Crippen molar-refractivity contribution in [1.29, 1.82) is 0 Å². The van der Waals surface area contributed by atoms with Crippen LogP contribution in [0.25, 0.3) is 0 Å². The minimum Gasteiger partial charge on any atom is -0.443 e. The van der Waals surface area contributed by atoms with Gasteiger partial charge in [0.25, 0.3) is 0 Å². The van der Waals surface area contributed by atoms with E-state index in [-0.39, 0.29) is 17.6 Å². The van der Waals surface area contributed by atoms with Crippen LogP contribution in [0.1, 0.15) is 44.5 Å². The number of hydrogen-bond acceptors (Lipinski definition) is 6. The molecule has 8 nitrogen and oxygen atoms in total. The van der Waals surface area contributed by atoms with Gasteiger partial charge in [0.05, 0.1) is 4.92 Å². The van der Waals surface area contributed by atoms with Gasteiger partial charge in [-0.15, -0.1) is 0 Å². The summed E-state index contributed by atoms with van der Waals surface area (Å²) in [5.74, 6) is -2.58. The fraction of sp³-hybridized carbons (Fsp3) is 0.421. The number of amides is 1. The van der Waals surface area contributed by atoms with Crippen LogP contribution in [0.15, 0.2) is 18.2 Å². The lowest BCUT2D eigenvalue weighted by Crippen LogP contribution is -2.40. The summed E-state index contributed by atoms with van der Waals surface area (Å²) >= 11 is 5.97. The molecule has 11 heteroatoms. The highest BCUT2D eigenvalue weighted by Crippen LogP contribution is 2.48. The fourth-order valence-corrected chi connectivity index (χ4v) is 3.38. The van der Waals surface area contributed by atoms with Crippen LogP contribution in [0.4, 0.5) is 25.1 Å². The molecule has 0 radical (unpaired) electrons. The van der Waals surface area contributed by atoms with Crippen molar-refractivity contribution in [3.63, 3.8) is 0 Å². The van der Waals surface area contributed by atoms with E-state index in [1.807, 2.05) is 0 Å². The molecule has 0 bridgehead atoms. The smallest absolute Gasteiger partial charge is 0.416 e. The van der Waals surface area contributed by atoms with Crippen LogP contribution < -0.4 is 4.90 Å². The van der Waals surface area contributed by atoms with Crippen molar-refractivity contribution in [1.82, 2.24) is 9.97 Å². The van der Waals surface area contributed by atoms with E-state index in [1.54, 1.807) is 20.8 Å². The normalized spacial score (nSPS) is 18.1. The zero-order valence-corrected chi connectivity index (χ0v) is 17.4. The first kappa shape index (κ1) is 21.8. The van der Waals surface area contributed by atoms with Gasteiger partial charge in [-0.05, 0) is 51.8 Å². The second-order valence-corrected chi connectivity index (χ2v) is 8.28. The number of benzene rings is 1. The van der Waals surface area contributed by atoms with Gasteiger partial charge in [0.15, 0.2) is 11.6 Å². The molecule has 1 heterocycles. The zero-order chi connectivity index (χ0) is 22.4. The zero-order valence-electron chi connectivity index (χ0n) is 16.6. The molecule has 1 aliphatic rings. The van der Waals surface area contributed by atoms with E-state index in [0.29, 0.717) is 12.0 Å². The van der Waals surface area contributed by atoms with Crippen LogP contribution in [0.2, 0.25) is 5.15 Å². The molecule has 1 unspecified atom stereocenters. The van der Waals surface area contributed by atoms with E-state index in [4.69, 9.17) is 16.3 Å². The number of rotatable bonds is 4. The minimum absolute atomic E-state index is 0.124. The van der Waals surface area contributed by atoms with Crippen LogP contribution in [-0.2, 0) is 4.74 Å². The highest BCUT2D eigenvalue weighted by Gasteiger charge is 2.50. The molecule has 1 fully saturated rings. The number of anilines is 1. The summed E-state index contributed by atoms with van der Waals surface area (Å²) in [7, 11) is 0. The van der Waals surface area contributed by atoms with Crippen molar-refractivity contribution < 1.29 is 23.2 Å². The molecule has 1 saturated carbocycles. The Morgan fingerprint density at radius 3 is 2.53 bits per heavy atom. The molecular formula is C19H19ClF2N4O4. The summed E-state index contributed by atoms with van der Waals surface area (Å²) in [6.45, 7) is 6.42. The number of halogens is 3. The molecule has 1 aliphatic carbocycles. The van der Waals surface area contributed by atoms with Gasteiger partial charge in [0.1, 0.15) is 11.4 Å². The third-order valence-electron chi connectivity index (χ3n) is 4.40. The van der Waals surface area contributed by atoms with Crippen molar-refractivity contribution in [2.45, 2.75) is 51.7 Å². The molecule has 3 rings (SSSR count). The van der Waals surface area contributed by atoms with Gasteiger partial charge in [-0.25, -0.2) is 23.5 Å². The van der Waals surface area contributed by atoms with Crippen LogP contribution in [0, 0.1) is 28.7 Å². The van der Waals surface area contributed by atoms with Crippen LogP contribution in [0.3, 0.4) is 0 Å². The molecule has 1 aromatic carbocycles. The van der Waals surface area contributed by atoms with E-state index in [9.17, 15) is 23.7 Å². The molecule has 1 aromatic heterocycles. The van der Waals surface area contributed by atoms with Gasteiger partial charge < -0.3 is 4.74 Å². The Kier molecular flexibility index (Phi) is 5.64. The number of nitrogens with zero attached hydrogens (tertiary/aromatic N) is 4. The Hall–Kier alpha value is -2.88. The summed E-state index contributed by atoms with van der Waals surface area (Å²) in [6, 6.07) is 2.82. The highest BCUT2D eigenvalue weighted by atomic mass is 35.5. The molecule has 0 saturated heterocycles. The first-order valence-corrected chi connectivity index (χ1v) is 9.42. The highest BCUT2D eigenvalue weighted by molar-refractivity contribution is 6.32. The first-order chi connectivity index (χ1) is 13.9. The monoisotopic (exact) mass is 440 g/mol. The van der Waals surface area contributed by atoms with Crippen LogP contribution in [0.5, 0.6) is 0 Å². The van der Waals surface area contributed by atoms with E-state index in [2.05, 4.69) is 9.97 Å². The predicted molar refractivity (Wildman–Crippen MR) is 105 cm³/mol. The van der Waals surface area contributed by atoms with E-state index < -0.39 is 45.1 Å². The summed E-state index contributed by atoms with van der Waals surface area (Å²) in [5.41, 5.74) is -1.07. The van der Waals surface area contributed by atoms with Gasteiger partial charge in [0.2, 0.25) is 11.0 Å². The Bertz CT molecular complexity index is 1030. The number of hydrogen-bond donors (Lipinski definition) is 0.